The molecule has 0 aliphatic carbocycles. The third-order valence-electron chi connectivity index (χ3n) is 3.82. The SMILES string of the molecule is CCc1cccc2sc(=NC(=O)c3cc(C)n(C)n3)n(C)c12. The number of thiazole rings is 1. The number of aromatic nitrogens is 3. The number of aryl methyl sites for hydroxylation is 4. The van der Waals surface area contributed by atoms with Gasteiger partial charge in [0.1, 0.15) is 0 Å². The van der Waals surface area contributed by atoms with Gasteiger partial charge in [-0.15, -0.1) is 0 Å². The molecule has 2 aromatic heterocycles. The molecule has 0 N–H and O–H groups in total. The summed E-state index contributed by atoms with van der Waals surface area (Å²) in [4.78, 5) is 17.3. The van der Waals surface area contributed by atoms with E-state index in [1.165, 1.54) is 16.9 Å². The number of carbonyl (C=O) groups excluding carboxylic acids is 1. The molecule has 0 atom stereocenters. The van der Waals surface area contributed by atoms with Crippen LogP contribution in [-0.4, -0.2) is 20.3 Å². The summed E-state index contributed by atoms with van der Waals surface area (Å²) in [5.74, 6) is -0.302. The Balaban J connectivity index is 2.13. The van der Waals surface area contributed by atoms with Crippen molar-refractivity contribution in [3.63, 3.8) is 0 Å². The Kier molecular flexibility index (Phi) is 3.70. The van der Waals surface area contributed by atoms with Crippen molar-refractivity contribution in [1.29, 1.82) is 0 Å². The van der Waals surface area contributed by atoms with Crippen LogP contribution in [0.3, 0.4) is 0 Å². The van der Waals surface area contributed by atoms with Gasteiger partial charge in [-0.2, -0.15) is 10.1 Å². The number of carbonyl (C=O) groups is 1. The van der Waals surface area contributed by atoms with Crippen molar-refractivity contribution < 1.29 is 4.79 Å². The number of hydrogen-bond acceptors (Lipinski definition) is 3. The zero-order valence-electron chi connectivity index (χ0n) is 13.1. The molecule has 0 saturated heterocycles. The summed E-state index contributed by atoms with van der Waals surface area (Å²) in [6.45, 7) is 4.04. The van der Waals surface area contributed by atoms with Gasteiger partial charge in [0.15, 0.2) is 10.5 Å². The van der Waals surface area contributed by atoms with Gasteiger partial charge in [0, 0.05) is 19.8 Å². The molecule has 0 aliphatic heterocycles. The Morgan fingerprint density at radius 1 is 1.36 bits per heavy atom. The van der Waals surface area contributed by atoms with Crippen LogP contribution in [0.15, 0.2) is 29.3 Å². The molecule has 0 spiro atoms. The predicted octanol–water partition coefficient (Wildman–Crippen LogP) is 2.59. The van der Waals surface area contributed by atoms with E-state index in [0.29, 0.717) is 10.5 Å². The van der Waals surface area contributed by atoms with E-state index in [1.807, 2.05) is 31.7 Å². The predicted molar refractivity (Wildman–Crippen MR) is 88.0 cm³/mol. The molecule has 0 unspecified atom stereocenters. The van der Waals surface area contributed by atoms with Crippen LogP contribution in [0.1, 0.15) is 28.7 Å². The second-order valence-electron chi connectivity index (χ2n) is 5.27. The standard InChI is InChI=1S/C16H18N4OS/c1-5-11-7-6-8-13-14(11)19(3)16(22-13)17-15(21)12-9-10(2)20(4)18-12/h6-9H,5H2,1-4H3. The minimum atomic E-state index is -0.302. The lowest BCUT2D eigenvalue weighted by Crippen LogP contribution is -2.14. The van der Waals surface area contributed by atoms with Crippen molar-refractivity contribution >= 4 is 27.5 Å². The molecule has 3 aromatic rings. The van der Waals surface area contributed by atoms with Gasteiger partial charge < -0.3 is 4.57 Å². The molecule has 5 nitrogen and oxygen atoms in total. The molecule has 114 valence electrons. The molecule has 3 rings (SSSR count). The van der Waals surface area contributed by atoms with Crippen LogP contribution in [0.5, 0.6) is 0 Å². The van der Waals surface area contributed by atoms with Crippen LogP contribution in [-0.2, 0) is 20.5 Å². The summed E-state index contributed by atoms with van der Waals surface area (Å²) in [6, 6.07) is 7.98. The zero-order chi connectivity index (χ0) is 15.9. The van der Waals surface area contributed by atoms with Crippen LogP contribution in [0.25, 0.3) is 10.2 Å². The highest BCUT2D eigenvalue weighted by atomic mass is 32.1. The van der Waals surface area contributed by atoms with Crippen LogP contribution in [0.2, 0.25) is 0 Å². The largest absolute Gasteiger partial charge is 0.319 e. The Morgan fingerprint density at radius 3 is 2.77 bits per heavy atom. The van der Waals surface area contributed by atoms with E-state index in [0.717, 1.165) is 22.3 Å². The van der Waals surface area contributed by atoms with Crippen molar-refractivity contribution in [3.8, 4) is 0 Å². The van der Waals surface area contributed by atoms with E-state index in [9.17, 15) is 4.79 Å². The first-order valence-electron chi connectivity index (χ1n) is 7.18. The monoisotopic (exact) mass is 314 g/mol. The highest BCUT2D eigenvalue weighted by molar-refractivity contribution is 7.16. The number of amides is 1. The number of benzene rings is 1. The lowest BCUT2D eigenvalue weighted by molar-refractivity contribution is 0.0992. The Bertz CT molecular complexity index is 910. The van der Waals surface area contributed by atoms with E-state index in [1.54, 1.807) is 10.7 Å². The number of para-hydroxylation sites is 1. The Morgan fingerprint density at radius 2 is 2.14 bits per heavy atom. The molecule has 0 fully saturated rings. The summed E-state index contributed by atoms with van der Waals surface area (Å²) in [6.07, 6.45) is 0.953. The molecule has 6 heteroatoms. The third-order valence-corrected chi connectivity index (χ3v) is 4.91. The minimum Gasteiger partial charge on any atom is -0.319 e. The Labute approximate surface area is 132 Å². The first kappa shape index (κ1) is 14.7. The molecule has 0 saturated carbocycles. The van der Waals surface area contributed by atoms with Crippen molar-refractivity contribution in [1.82, 2.24) is 14.3 Å². The smallest absolute Gasteiger partial charge is 0.300 e. The fourth-order valence-corrected chi connectivity index (χ4v) is 3.55. The summed E-state index contributed by atoms with van der Waals surface area (Å²) in [5, 5.41) is 4.19. The van der Waals surface area contributed by atoms with Gasteiger partial charge in [-0.1, -0.05) is 30.4 Å². The van der Waals surface area contributed by atoms with E-state index < -0.39 is 0 Å². The first-order chi connectivity index (χ1) is 10.5. The van der Waals surface area contributed by atoms with Crippen LogP contribution < -0.4 is 4.80 Å². The van der Waals surface area contributed by atoms with Crippen molar-refractivity contribution in [2.24, 2.45) is 19.1 Å². The molecule has 0 radical (unpaired) electrons. The molecule has 1 aromatic carbocycles. The zero-order valence-corrected chi connectivity index (χ0v) is 13.9. The fraction of sp³-hybridized carbons (Fsp3) is 0.312. The molecular formula is C16H18N4OS. The maximum Gasteiger partial charge on any atom is 0.300 e. The van der Waals surface area contributed by atoms with Gasteiger partial charge in [0.05, 0.1) is 10.2 Å². The molecular weight excluding hydrogens is 296 g/mol. The first-order valence-corrected chi connectivity index (χ1v) is 8.00. The topological polar surface area (TPSA) is 52.2 Å². The summed E-state index contributed by atoms with van der Waals surface area (Å²) in [5.41, 5.74) is 3.73. The molecule has 22 heavy (non-hydrogen) atoms. The average Bonchev–Trinajstić information content (AvgIpc) is 3.00. The van der Waals surface area contributed by atoms with E-state index in [4.69, 9.17) is 0 Å². The maximum atomic E-state index is 12.3. The van der Waals surface area contributed by atoms with Crippen molar-refractivity contribution in [2.45, 2.75) is 20.3 Å². The highest BCUT2D eigenvalue weighted by Gasteiger charge is 2.12. The third kappa shape index (κ3) is 2.39. The molecule has 0 aliphatic rings. The fourth-order valence-electron chi connectivity index (χ4n) is 2.49. The summed E-state index contributed by atoms with van der Waals surface area (Å²) in [7, 11) is 3.77. The van der Waals surface area contributed by atoms with Gasteiger partial charge in [-0.25, -0.2) is 0 Å². The highest BCUT2D eigenvalue weighted by Crippen LogP contribution is 2.21. The van der Waals surface area contributed by atoms with Crippen LogP contribution in [0, 0.1) is 6.92 Å². The van der Waals surface area contributed by atoms with E-state index >= 15 is 0 Å². The van der Waals surface area contributed by atoms with Gasteiger partial charge in [-0.05, 0) is 31.0 Å². The molecule has 0 bridgehead atoms. The van der Waals surface area contributed by atoms with E-state index in [2.05, 4.69) is 29.1 Å². The number of fused-ring (bicyclic) bond motifs is 1. The minimum absolute atomic E-state index is 0.302. The second-order valence-corrected chi connectivity index (χ2v) is 6.28. The van der Waals surface area contributed by atoms with Gasteiger partial charge in [0.25, 0.3) is 5.91 Å². The second kappa shape index (κ2) is 5.53. The van der Waals surface area contributed by atoms with Gasteiger partial charge in [0.2, 0.25) is 0 Å². The normalized spacial score (nSPS) is 12.3. The average molecular weight is 314 g/mol. The number of rotatable bonds is 2. The summed E-state index contributed by atoms with van der Waals surface area (Å²) >= 11 is 1.53. The lowest BCUT2D eigenvalue weighted by atomic mass is 10.1. The number of nitrogens with zero attached hydrogens (tertiary/aromatic N) is 4. The van der Waals surface area contributed by atoms with Crippen molar-refractivity contribution in [2.75, 3.05) is 0 Å². The molecule has 1 amide bonds. The van der Waals surface area contributed by atoms with Crippen LogP contribution in [0.4, 0.5) is 0 Å². The van der Waals surface area contributed by atoms with Gasteiger partial charge >= 0.3 is 0 Å². The summed E-state index contributed by atoms with van der Waals surface area (Å²) < 4.78 is 4.82. The maximum absolute atomic E-state index is 12.3. The lowest BCUT2D eigenvalue weighted by Gasteiger charge is -2.01. The molecule has 2 heterocycles. The quantitative estimate of drug-likeness (QED) is 0.730. The van der Waals surface area contributed by atoms with E-state index in [-0.39, 0.29) is 5.91 Å². The Hall–Kier alpha value is -2.21. The van der Waals surface area contributed by atoms with Gasteiger partial charge in [-0.3, -0.25) is 9.48 Å². The van der Waals surface area contributed by atoms with Crippen molar-refractivity contribution in [3.05, 3.63) is 46.0 Å². The van der Waals surface area contributed by atoms with Crippen LogP contribution >= 0.6 is 11.3 Å². The number of hydrogen-bond donors (Lipinski definition) is 0.